The van der Waals surface area contributed by atoms with Crippen LogP contribution >= 0.6 is 24.0 Å². The van der Waals surface area contributed by atoms with E-state index in [9.17, 15) is 0 Å². The quantitative estimate of drug-likeness (QED) is 0.448. The van der Waals surface area contributed by atoms with Gasteiger partial charge in [0, 0.05) is 18.7 Å². The number of halogens is 1. The number of oxazole rings is 1. The summed E-state index contributed by atoms with van der Waals surface area (Å²) in [5.74, 6) is 2.73. The van der Waals surface area contributed by atoms with Crippen molar-refractivity contribution in [2.75, 3.05) is 13.1 Å². The average molecular weight is 440 g/mol. The summed E-state index contributed by atoms with van der Waals surface area (Å²) in [6.07, 6.45) is 4.09. The summed E-state index contributed by atoms with van der Waals surface area (Å²) in [6.45, 7) is 6.69. The lowest BCUT2D eigenvalue weighted by Crippen LogP contribution is -2.42. The lowest BCUT2D eigenvalue weighted by Gasteiger charge is -2.30. The van der Waals surface area contributed by atoms with Crippen LogP contribution in [0.1, 0.15) is 31.2 Å². The highest BCUT2D eigenvalue weighted by Crippen LogP contribution is 2.21. The predicted octanol–water partition coefficient (Wildman–Crippen LogP) is 3.81. The Morgan fingerprint density at radius 1 is 1.29 bits per heavy atom. The van der Waals surface area contributed by atoms with E-state index in [0.29, 0.717) is 18.4 Å². The molecule has 1 aliphatic rings. The molecule has 0 atom stereocenters. The molecule has 0 radical (unpaired) electrons. The summed E-state index contributed by atoms with van der Waals surface area (Å²) in [5, 5.41) is 0. The molecular formula is C18H25IN4O. The molecule has 2 heterocycles. The van der Waals surface area contributed by atoms with Crippen LogP contribution in [0.25, 0.3) is 11.3 Å². The van der Waals surface area contributed by atoms with Crippen molar-refractivity contribution in [3.63, 3.8) is 0 Å². The number of hydrogen-bond donors (Lipinski definition) is 1. The van der Waals surface area contributed by atoms with Gasteiger partial charge in [0.1, 0.15) is 6.54 Å². The Morgan fingerprint density at radius 2 is 1.96 bits per heavy atom. The Morgan fingerprint density at radius 3 is 2.62 bits per heavy atom. The minimum absolute atomic E-state index is 0. The first-order valence-electron chi connectivity index (χ1n) is 8.18. The van der Waals surface area contributed by atoms with E-state index in [1.54, 1.807) is 6.20 Å². The van der Waals surface area contributed by atoms with Gasteiger partial charge in [-0.15, -0.1) is 24.0 Å². The number of rotatable bonds is 3. The smallest absolute Gasteiger partial charge is 0.216 e. The van der Waals surface area contributed by atoms with Gasteiger partial charge in [-0.2, -0.15) is 0 Å². The van der Waals surface area contributed by atoms with Gasteiger partial charge < -0.3 is 15.1 Å². The van der Waals surface area contributed by atoms with Crippen molar-refractivity contribution in [3.8, 4) is 11.3 Å². The third-order valence-electron chi connectivity index (χ3n) is 4.37. The molecular weight excluding hydrogens is 415 g/mol. The number of nitrogens with zero attached hydrogens (tertiary/aromatic N) is 3. The second-order valence-corrected chi connectivity index (χ2v) is 6.33. The second kappa shape index (κ2) is 8.50. The van der Waals surface area contributed by atoms with Crippen molar-refractivity contribution in [2.24, 2.45) is 16.6 Å². The number of benzene rings is 1. The Kier molecular flexibility index (Phi) is 6.65. The molecule has 2 aromatic rings. The van der Waals surface area contributed by atoms with E-state index < -0.39 is 0 Å². The zero-order valence-corrected chi connectivity index (χ0v) is 16.6. The van der Waals surface area contributed by atoms with Crippen LogP contribution in [0.3, 0.4) is 0 Å². The van der Waals surface area contributed by atoms with Crippen molar-refractivity contribution in [3.05, 3.63) is 41.9 Å². The molecule has 0 unspecified atom stereocenters. The van der Waals surface area contributed by atoms with Crippen LogP contribution in [0.5, 0.6) is 0 Å². The Hall–Kier alpha value is -1.57. The fourth-order valence-corrected chi connectivity index (χ4v) is 2.72. The van der Waals surface area contributed by atoms with Crippen molar-refractivity contribution < 1.29 is 4.42 Å². The molecule has 3 rings (SSSR count). The highest BCUT2D eigenvalue weighted by Gasteiger charge is 2.17. The van der Waals surface area contributed by atoms with Gasteiger partial charge in [-0.25, -0.2) is 9.98 Å². The molecule has 5 nitrogen and oxygen atoms in total. The SMILES string of the molecule is Cc1ccc(-c2cnc(CN=C(N)N3CCC(C)CC3)o2)cc1.I. The molecule has 1 fully saturated rings. The largest absolute Gasteiger partial charge is 0.439 e. The maximum Gasteiger partial charge on any atom is 0.216 e. The molecule has 1 aromatic carbocycles. The van der Waals surface area contributed by atoms with Crippen LogP contribution in [-0.4, -0.2) is 28.9 Å². The van der Waals surface area contributed by atoms with Crippen molar-refractivity contribution in [1.82, 2.24) is 9.88 Å². The van der Waals surface area contributed by atoms with E-state index in [-0.39, 0.29) is 24.0 Å². The number of likely N-dealkylation sites (tertiary alicyclic amines) is 1. The summed E-state index contributed by atoms with van der Waals surface area (Å²) >= 11 is 0. The Labute approximate surface area is 160 Å². The summed E-state index contributed by atoms with van der Waals surface area (Å²) < 4.78 is 5.77. The molecule has 1 aromatic heterocycles. The van der Waals surface area contributed by atoms with Gasteiger partial charge in [-0.05, 0) is 25.7 Å². The van der Waals surface area contributed by atoms with Gasteiger partial charge in [0.2, 0.25) is 5.89 Å². The average Bonchev–Trinajstić information content (AvgIpc) is 3.03. The van der Waals surface area contributed by atoms with Crippen LogP contribution < -0.4 is 5.73 Å². The fourth-order valence-electron chi connectivity index (χ4n) is 2.72. The fraction of sp³-hybridized carbons (Fsp3) is 0.444. The van der Waals surface area contributed by atoms with Gasteiger partial charge in [0.15, 0.2) is 11.7 Å². The number of piperidine rings is 1. The van der Waals surface area contributed by atoms with Gasteiger partial charge in [-0.1, -0.05) is 36.8 Å². The van der Waals surface area contributed by atoms with Crippen LogP contribution in [-0.2, 0) is 6.54 Å². The first-order chi connectivity index (χ1) is 11.1. The van der Waals surface area contributed by atoms with Gasteiger partial charge in [0.25, 0.3) is 0 Å². The lowest BCUT2D eigenvalue weighted by atomic mass is 10.00. The van der Waals surface area contributed by atoms with Crippen LogP contribution in [0.15, 0.2) is 39.9 Å². The summed E-state index contributed by atoms with van der Waals surface area (Å²) in [6, 6.07) is 8.19. The van der Waals surface area contributed by atoms with Crippen LogP contribution in [0, 0.1) is 12.8 Å². The van der Waals surface area contributed by atoms with E-state index in [0.717, 1.165) is 30.3 Å². The third-order valence-corrected chi connectivity index (χ3v) is 4.37. The maximum absolute atomic E-state index is 6.08. The molecule has 0 saturated carbocycles. The summed E-state index contributed by atoms with van der Waals surface area (Å²) in [5.41, 5.74) is 8.33. The minimum atomic E-state index is 0. The molecule has 0 spiro atoms. The molecule has 0 aliphatic carbocycles. The summed E-state index contributed by atoms with van der Waals surface area (Å²) in [4.78, 5) is 10.9. The number of aromatic nitrogens is 1. The minimum Gasteiger partial charge on any atom is -0.439 e. The number of aryl methyl sites for hydroxylation is 1. The van der Waals surface area contributed by atoms with E-state index in [1.165, 1.54) is 18.4 Å². The zero-order chi connectivity index (χ0) is 16.2. The molecule has 24 heavy (non-hydrogen) atoms. The monoisotopic (exact) mass is 440 g/mol. The van der Waals surface area contributed by atoms with Gasteiger partial charge >= 0.3 is 0 Å². The van der Waals surface area contributed by atoms with Crippen molar-refractivity contribution in [2.45, 2.75) is 33.2 Å². The van der Waals surface area contributed by atoms with Crippen LogP contribution in [0.2, 0.25) is 0 Å². The van der Waals surface area contributed by atoms with Gasteiger partial charge in [0.05, 0.1) is 6.20 Å². The molecule has 130 valence electrons. The maximum atomic E-state index is 6.08. The third kappa shape index (κ3) is 4.72. The molecule has 2 N–H and O–H groups in total. The number of nitrogens with two attached hydrogens (primary N) is 1. The zero-order valence-electron chi connectivity index (χ0n) is 14.2. The first-order valence-corrected chi connectivity index (χ1v) is 8.18. The number of guanidine groups is 1. The standard InChI is InChI=1S/C18H24N4O.HI/c1-13-3-5-15(6-4-13)16-11-20-17(23-16)12-21-18(19)22-9-7-14(2)8-10-22;/h3-6,11,14H,7-10,12H2,1-2H3,(H2,19,21);1H. The highest BCUT2D eigenvalue weighted by molar-refractivity contribution is 14.0. The highest BCUT2D eigenvalue weighted by atomic mass is 127. The molecule has 0 bridgehead atoms. The Balaban J connectivity index is 0.00000208. The van der Waals surface area contributed by atoms with Crippen molar-refractivity contribution in [1.29, 1.82) is 0 Å². The van der Waals surface area contributed by atoms with E-state index in [4.69, 9.17) is 10.2 Å². The number of hydrogen-bond acceptors (Lipinski definition) is 3. The number of aliphatic imine (C=N–C) groups is 1. The predicted molar refractivity (Wildman–Crippen MR) is 107 cm³/mol. The normalized spacial score (nSPS) is 16.1. The van der Waals surface area contributed by atoms with Crippen LogP contribution in [0.4, 0.5) is 0 Å². The molecule has 1 aliphatic heterocycles. The van der Waals surface area contributed by atoms with E-state index in [1.807, 2.05) is 12.1 Å². The molecule has 0 amide bonds. The van der Waals surface area contributed by atoms with E-state index >= 15 is 0 Å². The summed E-state index contributed by atoms with van der Waals surface area (Å²) in [7, 11) is 0. The van der Waals surface area contributed by atoms with Crippen molar-refractivity contribution >= 4 is 29.9 Å². The van der Waals surface area contributed by atoms with Gasteiger partial charge in [-0.3, -0.25) is 0 Å². The van der Waals surface area contributed by atoms with E-state index in [2.05, 4.69) is 40.9 Å². The molecule has 1 saturated heterocycles. The lowest BCUT2D eigenvalue weighted by molar-refractivity contribution is 0.277. The first kappa shape index (κ1) is 18.8. The second-order valence-electron chi connectivity index (χ2n) is 6.33. The topological polar surface area (TPSA) is 67.7 Å². The Bertz CT molecular complexity index is 673. The molecule has 6 heteroatoms.